The zero-order valence-electron chi connectivity index (χ0n) is 11.8. The molecule has 1 aliphatic heterocycles. The van der Waals surface area contributed by atoms with Crippen LogP contribution in [0.2, 0.25) is 0 Å². The second kappa shape index (κ2) is 5.26. The van der Waals surface area contributed by atoms with Crippen LogP contribution >= 0.6 is 0 Å². The summed E-state index contributed by atoms with van der Waals surface area (Å²) in [6, 6.07) is -0.210. The van der Waals surface area contributed by atoms with Crippen LogP contribution in [0.5, 0.6) is 0 Å². The van der Waals surface area contributed by atoms with Crippen LogP contribution in [0.15, 0.2) is 0 Å². The van der Waals surface area contributed by atoms with Gasteiger partial charge in [0.05, 0.1) is 6.04 Å². The molecule has 18 heavy (non-hydrogen) atoms. The third-order valence-electron chi connectivity index (χ3n) is 3.47. The van der Waals surface area contributed by atoms with E-state index >= 15 is 0 Å². The highest BCUT2D eigenvalue weighted by Gasteiger charge is 2.38. The largest absolute Gasteiger partial charge is 0.370 e. The summed E-state index contributed by atoms with van der Waals surface area (Å²) in [5.74, 6) is -0.456. The number of primary amides is 1. The van der Waals surface area contributed by atoms with E-state index in [0.717, 1.165) is 19.4 Å². The Labute approximate surface area is 109 Å². The topological polar surface area (TPSA) is 84.2 Å². The van der Waals surface area contributed by atoms with Gasteiger partial charge >= 0.3 is 0 Å². The average Bonchev–Trinajstić information content (AvgIpc) is 2.12. The first kappa shape index (κ1) is 15.0. The fourth-order valence-electron chi connectivity index (χ4n) is 2.54. The number of carbonyl (C=O) groups excluding carboxylic acids is 2. The summed E-state index contributed by atoms with van der Waals surface area (Å²) in [6.45, 7) is 8.66. The van der Waals surface area contributed by atoms with Crippen molar-refractivity contribution in [3.63, 3.8) is 0 Å². The van der Waals surface area contributed by atoms with Gasteiger partial charge in [-0.05, 0) is 38.6 Å². The molecule has 4 N–H and O–H groups in total. The van der Waals surface area contributed by atoms with E-state index in [1.54, 1.807) is 0 Å². The van der Waals surface area contributed by atoms with Crippen molar-refractivity contribution in [2.45, 2.75) is 58.5 Å². The quantitative estimate of drug-likeness (QED) is 0.685. The molecule has 0 saturated carbocycles. The van der Waals surface area contributed by atoms with Crippen molar-refractivity contribution >= 4 is 11.8 Å². The predicted molar refractivity (Wildman–Crippen MR) is 70.8 cm³/mol. The lowest BCUT2D eigenvalue weighted by Gasteiger charge is -2.40. The van der Waals surface area contributed by atoms with Crippen molar-refractivity contribution in [1.29, 1.82) is 0 Å². The summed E-state index contributed by atoms with van der Waals surface area (Å²) < 4.78 is 0. The number of nitrogens with two attached hydrogens (primary N) is 1. The number of hydrogen-bond donors (Lipinski definition) is 3. The van der Waals surface area contributed by atoms with Gasteiger partial charge in [-0.25, -0.2) is 0 Å². The molecule has 0 aromatic carbocycles. The molecule has 104 valence electrons. The maximum absolute atomic E-state index is 12.3. The van der Waals surface area contributed by atoms with E-state index in [1.807, 2.05) is 13.8 Å². The van der Waals surface area contributed by atoms with Crippen molar-refractivity contribution < 1.29 is 9.59 Å². The van der Waals surface area contributed by atoms with Crippen molar-refractivity contribution in [3.05, 3.63) is 0 Å². The van der Waals surface area contributed by atoms with E-state index in [1.165, 1.54) is 0 Å². The Kier molecular flexibility index (Phi) is 4.37. The molecule has 0 radical (unpaired) electrons. The maximum Gasteiger partial charge on any atom is 0.238 e. The summed E-state index contributed by atoms with van der Waals surface area (Å²) in [6.07, 6.45) is 2.25. The second-order valence-electron chi connectivity index (χ2n) is 6.50. The number of amides is 2. The Bertz CT molecular complexity index is 337. The minimum Gasteiger partial charge on any atom is -0.370 e. The highest BCUT2D eigenvalue weighted by atomic mass is 16.2. The van der Waals surface area contributed by atoms with Gasteiger partial charge in [0.2, 0.25) is 11.8 Å². The minimum atomic E-state index is -0.599. The number of nitrogens with one attached hydrogen (secondary N) is 2. The van der Waals surface area contributed by atoms with Crippen LogP contribution in [0.25, 0.3) is 0 Å². The Morgan fingerprint density at radius 1 is 1.44 bits per heavy atom. The van der Waals surface area contributed by atoms with E-state index in [0.29, 0.717) is 0 Å². The first-order chi connectivity index (χ1) is 8.14. The molecule has 1 atom stereocenters. The third kappa shape index (κ3) is 3.98. The van der Waals surface area contributed by atoms with Crippen molar-refractivity contribution in [2.75, 3.05) is 6.54 Å². The van der Waals surface area contributed by atoms with Gasteiger partial charge in [0.25, 0.3) is 0 Å². The molecule has 1 saturated heterocycles. The van der Waals surface area contributed by atoms with Gasteiger partial charge in [0.1, 0.15) is 0 Å². The first-order valence-electron chi connectivity index (χ1n) is 6.48. The lowest BCUT2D eigenvalue weighted by molar-refractivity contribution is -0.129. The molecule has 1 rings (SSSR count). The zero-order chi connectivity index (χ0) is 14.0. The van der Waals surface area contributed by atoms with Crippen LogP contribution in [-0.4, -0.2) is 29.9 Å². The Morgan fingerprint density at radius 2 is 2.06 bits per heavy atom. The van der Waals surface area contributed by atoms with Gasteiger partial charge < -0.3 is 16.4 Å². The second-order valence-corrected chi connectivity index (χ2v) is 6.50. The first-order valence-corrected chi connectivity index (χ1v) is 6.48. The van der Waals surface area contributed by atoms with Crippen LogP contribution < -0.4 is 16.4 Å². The SMILES string of the molecule is CC(C)(CC(N)=O)NC(=O)C1NCCCC1(C)C. The lowest BCUT2D eigenvalue weighted by atomic mass is 9.77. The molecular formula is C13H25N3O2. The normalized spacial score (nSPS) is 23.4. The number of carbonyl (C=O) groups is 2. The molecule has 0 spiro atoms. The van der Waals surface area contributed by atoms with Crippen LogP contribution in [0, 0.1) is 5.41 Å². The molecule has 5 nitrogen and oxygen atoms in total. The van der Waals surface area contributed by atoms with E-state index in [9.17, 15) is 9.59 Å². The molecule has 1 fully saturated rings. The Balaban J connectivity index is 2.67. The summed E-state index contributed by atoms with van der Waals surface area (Å²) in [5, 5.41) is 6.17. The fourth-order valence-corrected chi connectivity index (χ4v) is 2.54. The summed E-state index contributed by atoms with van der Waals surface area (Å²) in [7, 11) is 0. The molecule has 1 unspecified atom stereocenters. The smallest absolute Gasteiger partial charge is 0.238 e. The van der Waals surface area contributed by atoms with Crippen molar-refractivity contribution in [2.24, 2.45) is 11.1 Å². The molecule has 2 amide bonds. The molecular weight excluding hydrogens is 230 g/mol. The molecule has 1 heterocycles. The maximum atomic E-state index is 12.3. The molecule has 0 bridgehead atoms. The molecule has 0 aliphatic carbocycles. The van der Waals surface area contributed by atoms with E-state index in [4.69, 9.17) is 5.73 Å². The zero-order valence-corrected chi connectivity index (χ0v) is 11.8. The number of rotatable bonds is 4. The predicted octanol–water partition coefficient (Wildman–Crippen LogP) is 0.535. The van der Waals surface area contributed by atoms with Crippen molar-refractivity contribution in [3.8, 4) is 0 Å². The van der Waals surface area contributed by atoms with Crippen LogP contribution in [-0.2, 0) is 9.59 Å². The highest BCUT2D eigenvalue weighted by molar-refractivity contribution is 5.84. The Hall–Kier alpha value is -1.10. The average molecular weight is 255 g/mol. The van der Waals surface area contributed by atoms with Crippen LogP contribution in [0.4, 0.5) is 0 Å². The van der Waals surface area contributed by atoms with Gasteiger partial charge in [0.15, 0.2) is 0 Å². The molecule has 0 aromatic heterocycles. The fraction of sp³-hybridized carbons (Fsp3) is 0.846. The molecule has 0 aromatic rings. The summed E-state index contributed by atoms with van der Waals surface area (Å²) >= 11 is 0. The van der Waals surface area contributed by atoms with E-state index in [-0.39, 0.29) is 23.8 Å². The monoisotopic (exact) mass is 255 g/mol. The van der Waals surface area contributed by atoms with Gasteiger partial charge in [-0.3, -0.25) is 9.59 Å². The third-order valence-corrected chi connectivity index (χ3v) is 3.47. The van der Waals surface area contributed by atoms with Gasteiger partial charge in [-0.2, -0.15) is 0 Å². The number of hydrogen-bond acceptors (Lipinski definition) is 3. The Morgan fingerprint density at radius 3 is 2.56 bits per heavy atom. The van der Waals surface area contributed by atoms with Crippen LogP contribution in [0.1, 0.15) is 47.0 Å². The molecule has 5 heteroatoms. The van der Waals surface area contributed by atoms with Gasteiger partial charge in [-0.15, -0.1) is 0 Å². The van der Waals surface area contributed by atoms with Crippen LogP contribution in [0.3, 0.4) is 0 Å². The summed E-state index contributed by atoms with van der Waals surface area (Å²) in [4.78, 5) is 23.2. The number of piperidine rings is 1. The highest BCUT2D eigenvalue weighted by Crippen LogP contribution is 2.30. The molecule has 1 aliphatic rings. The van der Waals surface area contributed by atoms with Crippen molar-refractivity contribution in [1.82, 2.24) is 10.6 Å². The van der Waals surface area contributed by atoms with E-state index in [2.05, 4.69) is 24.5 Å². The lowest BCUT2D eigenvalue weighted by Crippen LogP contribution is -2.59. The van der Waals surface area contributed by atoms with E-state index < -0.39 is 11.4 Å². The van der Waals surface area contributed by atoms with Gasteiger partial charge in [-0.1, -0.05) is 13.8 Å². The minimum absolute atomic E-state index is 0.0500. The standard InChI is InChI=1S/C13H25N3O2/c1-12(2)6-5-7-15-10(12)11(18)16-13(3,4)8-9(14)17/h10,15H,5-8H2,1-4H3,(H2,14,17)(H,16,18). The van der Waals surface area contributed by atoms with Gasteiger partial charge in [0, 0.05) is 12.0 Å². The summed E-state index contributed by atoms with van der Waals surface area (Å²) in [5.41, 5.74) is 4.52.